The number of carbonyl (C=O) groups is 1. The summed E-state index contributed by atoms with van der Waals surface area (Å²) >= 11 is 6.77. The second-order valence-corrected chi connectivity index (χ2v) is 6.40. The van der Waals surface area contributed by atoms with Crippen LogP contribution in [-0.4, -0.2) is 16.4 Å². The average molecular weight is 296 g/mol. The van der Waals surface area contributed by atoms with E-state index in [-0.39, 0.29) is 5.91 Å². The third-order valence-electron chi connectivity index (χ3n) is 3.81. The van der Waals surface area contributed by atoms with Gasteiger partial charge in [0.1, 0.15) is 0 Å². The Bertz CT molecular complexity index is 434. The minimum atomic E-state index is -0.491. The predicted octanol–water partition coefficient (Wildman–Crippen LogP) is 3.25. The van der Waals surface area contributed by atoms with Crippen LogP contribution in [0.1, 0.15) is 55.3 Å². The summed E-state index contributed by atoms with van der Waals surface area (Å²) in [7, 11) is 0. The summed E-state index contributed by atoms with van der Waals surface area (Å²) in [6.45, 7) is 0. The first-order valence-electron chi connectivity index (χ1n) is 6.79. The summed E-state index contributed by atoms with van der Waals surface area (Å²) in [5.74, 6) is -0.0605. The normalized spacial score (nSPS) is 19.2. The zero-order valence-corrected chi connectivity index (χ0v) is 12.6. The van der Waals surface area contributed by atoms with Crippen molar-refractivity contribution >= 4 is 34.5 Å². The van der Waals surface area contributed by atoms with Crippen LogP contribution in [0.3, 0.4) is 0 Å². The molecule has 1 aromatic rings. The van der Waals surface area contributed by atoms with Crippen molar-refractivity contribution in [1.82, 2.24) is 5.32 Å². The topological polar surface area (TPSA) is 55.1 Å². The molecule has 3 nitrogen and oxygen atoms in total. The Morgan fingerprint density at radius 1 is 1.26 bits per heavy atom. The fourth-order valence-electron chi connectivity index (χ4n) is 2.63. The van der Waals surface area contributed by atoms with Gasteiger partial charge in [-0.3, -0.25) is 4.79 Å². The lowest BCUT2D eigenvalue weighted by molar-refractivity contribution is 0.0913. The van der Waals surface area contributed by atoms with Crippen LogP contribution in [0.5, 0.6) is 0 Å². The summed E-state index contributed by atoms with van der Waals surface area (Å²) in [6, 6.07) is 1.83. The molecule has 3 N–H and O–H groups in total. The summed E-state index contributed by atoms with van der Waals surface area (Å²) in [4.78, 5) is 12.7. The molecular weight excluding hydrogens is 276 g/mol. The molecule has 1 amide bonds. The fraction of sp³-hybridized carbons (Fsp3) is 0.571. The molecule has 19 heavy (non-hydrogen) atoms. The largest absolute Gasteiger partial charge is 0.391 e. The average Bonchev–Trinajstić information content (AvgIpc) is 2.86. The number of thiophene rings is 1. The van der Waals surface area contributed by atoms with Gasteiger partial charge in [-0.15, -0.1) is 0 Å². The quantitative estimate of drug-likeness (QED) is 0.842. The van der Waals surface area contributed by atoms with Crippen molar-refractivity contribution in [2.45, 2.75) is 50.5 Å². The Hall–Kier alpha value is -0.940. The molecule has 0 bridgehead atoms. The van der Waals surface area contributed by atoms with Crippen molar-refractivity contribution in [1.29, 1.82) is 0 Å². The van der Waals surface area contributed by atoms with E-state index in [1.165, 1.54) is 30.6 Å². The van der Waals surface area contributed by atoms with Crippen molar-refractivity contribution in [3.63, 3.8) is 0 Å². The Labute approximate surface area is 123 Å². The van der Waals surface area contributed by atoms with Crippen LogP contribution in [0.25, 0.3) is 0 Å². The molecule has 1 aliphatic rings. The van der Waals surface area contributed by atoms with Gasteiger partial charge in [-0.2, -0.15) is 11.3 Å². The SMILES string of the molecule is NC(=S)C1(NC(=O)c2ccsc2)CCCCCCC1. The highest BCUT2D eigenvalue weighted by atomic mass is 32.1. The van der Waals surface area contributed by atoms with E-state index in [0.29, 0.717) is 10.6 Å². The van der Waals surface area contributed by atoms with Gasteiger partial charge in [0.2, 0.25) is 0 Å². The van der Waals surface area contributed by atoms with Gasteiger partial charge in [0.25, 0.3) is 5.91 Å². The first-order valence-corrected chi connectivity index (χ1v) is 8.14. The Kier molecular flexibility index (Phi) is 4.93. The first-order chi connectivity index (χ1) is 9.14. The zero-order chi connectivity index (χ0) is 13.7. The van der Waals surface area contributed by atoms with Gasteiger partial charge in [-0.25, -0.2) is 0 Å². The molecule has 104 valence electrons. The van der Waals surface area contributed by atoms with E-state index >= 15 is 0 Å². The highest BCUT2D eigenvalue weighted by molar-refractivity contribution is 7.80. The number of hydrogen-bond acceptors (Lipinski definition) is 3. The standard InChI is InChI=1S/C14H20N2OS2/c15-13(18)14(7-4-2-1-3-5-8-14)16-12(17)11-6-9-19-10-11/h6,9-10H,1-5,7-8H2,(H2,15,18)(H,16,17). The van der Waals surface area contributed by atoms with Crippen molar-refractivity contribution in [3.8, 4) is 0 Å². The molecule has 1 aliphatic carbocycles. The second-order valence-electron chi connectivity index (χ2n) is 5.18. The molecule has 5 heteroatoms. The minimum Gasteiger partial charge on any atom is -0.391 e. The van der Waals surface area contributed by atoms with E-state index < -0.39 is 5.54 Å². The summed E-state index contributed by atoms with van der Waals surface area (Å²) in [5, 5.41) is 6.86. The smallest absolute Gasteiger partial charge is 0.252 e. The van der Waals surface area contributed by atoms with Gasteiger partial charge < -0.3 is 11.1 Å². The highest BCUT2D eigenvalue weighted by Crippen LogP contribution is 2.27. The Morgan fingerprint density at radius 2 is 1.89 bits per heavy atom. The van der Waals surface area contributed by atoms with Gasteiger partial charge >= 0.3 is 0 Å². The molecule has 0 unspecified atom stereocenters. The second kappa shape index (κ2) is 6.48. The Balaban J connectivity index is 2.13. The third-order valence-corrected chi connectivity index (χ3v) is 4.89. The van der Waals surface area contributed by atoms with Crippen molar-refractivity contribution in [2.24, 2.45) is 5.73 Å². The van der Waals surface area contributed by atoms with E-state index in [9.17, 15) is 4.79 Å². The van der Waals surface area contributed by atoms with Crippen LogP contribution in [0.15, 0.2) is 16.8 Å². The van der Waals surface area contributed by atoms with E-state index in [1.807, 2.05) is 16.8 Å². The van der Waals surface area contributed by atoms with Crippen LogP contribution in [0.4, 0.5) is 0 Å². The fourth-order valence-corrected chi connectivity index (χ4v) is 3.52. The number of carbonyl (C=O) groups excluding carboxylic acids is 1. The lowest BCUT2D eigenvalue weighted by Crippen LogP contribution is -2.56. The zero-order valence-electron chi connectivity index (χ0n) is 11.0. The summed E-state index contributed by atoms with van der Waals surface area (Å²) in [6.07, 6.45) is 7.52. The van der Waals surface area contributed by atoms with Crippen molar-refractivity contribution < 1.29 is 4.79 Å². The summed E-state index contributed by atoms with van der Waals surface area (Å²) < 4.78 is 0. The van der Waals surface area contributed by atoms with Gasteiger partial charge in [0.05, 0.1) is 16.1 Å². The van der Waals surface area contributed by atoms with Gasteiger partial charge in [0.15, 0.2) is 0 Å². The molecule has 0 radical (unpaired) electrons. The molecule has 0 aromatic carbocycles. The lowest BCUT2D eigenvalue weighted by atomic mass is 9.83. The lowest BCUT2D eigenvalue weighted by Gasteiger charge is -2.35. The number of rotatable bonds is 3. The maximum absolute atomic E-state index is 12.3. The van der Waals surface area contributed by atoms with Gasteiger partial charge in [-0.1, -0.05) is 44.3 Å². The van der Waals surface area contributed by atoms with Crippen LogP contribution < -0.4 is 11.1 Å². The monoisotopic (exact) mass is 296 g/mol. The summed E-state index contributed by atoms with van der Waals surface area (Å²) in [5.41, 5.74) is 6.15. The number of hydrogen-bond donors (Lipinski definition) is 2. The number of nitrogens with two attached hydrogens (primary N) is 1. The highest BCUT2D eigenvalue weighted by Gasteiger charge is 2.35. The van der Waals surface area contributed by atoms with Crippen LogP contribution in [0, 0.1) is 0 Å². The molecule has 0 saturated heterocycles. The number of thiocarbonyl (C=S) groups is 1. The molecule has 1 saturated carbocycles. The van der Waals surface area contributed by atoms with Crippen LogP contribution in [-0.2, 0) is 0 Å². The molecule has 0 atom stereocenters. The molecule has 1 heterocycles. The predicted molar refractivity (Wildman–Crippen MR) is 83.6 cm³/mol. The van der Waals surface area contributed by atoms with E-state index in [2.05, 4.69) is 5.32 Å². The molecule has 0 aliphatic heterocycles. The molecule has 0 spiro atoms. The molecule has 1 aromatic heterocycles. The number of nitrogens with one attached hydrogen (secondary N) is 1. The van der Waals surface area contributed by atoms with E-state index in [1.54, 1.807) is 0 Å². The van der Waals surface area contributed by atoms with Gasteiger partial charge in [-0.05, 0) is 24.3 Å². The van der Waals surface area contributed by atoms with Crippen LogP contribution in [0.2, 0.25) is 0 Å². The van der Waals surface area contributed by atoms with E-state index in [0.717, 1.165) is 25.7 Å². The molecule has 2 rings (SSSR count). The van der Waals surface area contributed by atoms with E-state index in [4.69, 9.17) is 18.0 Å². The van der Waals surface area contributed by atoms with Crippen molar-refractivity contribution in [3.05, 3.63) is 22.4 Å². The number of amides is 1. The third kappa shape index (κ3) is 3.54. The Morgan fingerprint density at radius 3 is 2.42 bits per heavy atom. The molecular formula is C14H20N2OS2. The minimum absolute atomic E-state index is 0.0605. The maximum Gasteiger partial charge on any atom is 0.252 e. The molecule has 1 fully saturated rings. The van der Waals surface area contributed by atoms with Crippen molar-refractivity contribution in [2.75, 3.05) is 0 Å². The maximum atomic E-state index is 12.3. The first kappa shape index (κ1) is 14.5. The van der Waals surface area contributed by atoms with Gasteiger partial charge in [0, 0.05) is 5.38 Å². The van der Waals surface area contributed by atoms with Crippen LogP contribution >= 0.6 is 23.6 Å².